The molecule has 1 N–H and O–H groups in total. The van der Waals surface area contributed by atoms with Crippen LogP contribution in [0.4, 0.5) is 11.4 Å². The molecule has 146 valence electrons. The lowest BCUT2D eigenvalue weighted by molar-refractivity contribution is -0.120. The van der Waals surface area contributed by atoms with Crippen molar-refractivity contribution < 1.29 is 19.1 Å². The zero-order valence-corrected chi connectivity index (χ0v) is 16.7. The molecule has 2 aromatic carbocycles. The van der Waals surface area contributed by atoms with Crippen LogP contribution in [0.25, 0.3) is 0 Å². The van der Waals surface area contributed by atoms with Crippen molar-refractivity contribution in [3.8, 4) is 5.75 Å². The molecule has 0 unspecified atom stereocenters. The van der Waals surface area contributed by atoms with Crippen molar-refractivity contribution in [2.24, 2.45) is 0 Å². The summed E-state index contributed by atoms with van der Waals surface area (Å²) in [6, 6.07) is 12.2. The number of fused-ring (bicyclic) bond motifs is 1. The number of rotatable bonds is 5. The summed E-state index contributed by atoms with van der Waals surface area (Å²) in [4.78, 5) is 41.0. The molecule has 0 spiro atoms. The summed E-state index contributed by atoms with van der Waals surface area (Å²) in [5.41, 5.74) is 1.63. The summed E-state index contributed by atoms with van der Waals surface area (Å²) in [5.74, 6) is 0.212. The van der Waals surface area contributed by atoms with E-state index in [0.29, 0.717) is 22.7 Å². The number of carbonyl (C=O) groups is 3. The molecule has 0 fully saturated rings. The Morgan fingerprint density at radius 1 is 1.21 bits per heavy atom. The topological polar surface area (TPSA) is 79.0 Å². The van der Waals surface area contributed by atoms with Crippen molar-refractivity contribution in [2.75, 3.05) is 43.7 Å². The number of anilines is 2. The first-order valence-electron chi connectivity index (χ1n) is 8.62. The minimum atomic E-state index is -0.330. The summed E-state index contributed by atoms with van der Waals surface area (Å²) in [6.45, 7) is -0.136. The summed E-state index contributed by atoms with van der Waals surface area (Å²) in [6.07, 6.45) is 0. The smallest absolute Gasteiger partial charge is 0.253 e. The number of methoxy groups -OCH3 is 1. The first kappa shape index (κ1) is 19.8. The summed E-state index contributed by atoms with van der Waals surface area (Å²) >= 11 is 1.40. The van der Waals surface area contributed by atoms with Gasteiger partial charge in [-0.05, 0) is 30.3 Å². The van der Waals surface area contributed by atoms with Crippen molar-refractivity contribution in [1.29, 1.82) is 0 Å². The second-order valence-corrected chi connectivity index (χ2v) is 7.45. The zero-order chi connectivity index (χ0) is 20.3. The molecule has 0 saturated carbocycles. The van der Waals surface area contributed by atoms with Crippen LogP contribution >= 0.6 is 11.8 Å². The van der Waals surface area contributed by atoms with Gasteiger partial charge in [-0.1, -0.05) is 6.07 Å². The van der Waals surface area contributed by atoms with E-state index < -0.39 is 0 Å². The predicted molar refractivity (Wildman–Crippen MR) is 109 cm³/mol. The fraction of sp³-hybridized carbons (Fsp3) is 0.250. The molecule has 3 amide bonds. The van der Waals surface area contributed by atoms with Crippen LogP contribution < -0.4 is 15.0 Å². The molecule has 7 nitrogen and oxygen atoms in total. The van der Waals surface area contributed by atoms with Crippen LogP contribution in [0.2, 0.25) is 0 Å². The number of benzene rings is 2. The Morgan fingerprint density at radius 3 is 2.71 bits per heavy atom. The van der Waals surface area contributed by atoms with Gasteiger partial charge in [0.2, 0.25) is 11.8 Å². The lowest BCUT2D eigenvalue weighted by atomic mass is 10.1. The molecule has 28 heavy (non-hydrogen) atoms. The molecule has 8 heteroatoms. The summed E-state index contributed by atoms with van der Waals surface area (Å²) in [7, 11) is 4.89. The highest BCUT2D eigenvalue weighted by atomic mass is 32.2. The van der Waals surface area contributed by atoms with Crippen molar-refractivity contribution in [3.63, 3.8) is 0 Å². The quantitative estimate of drug-likeness (QED) is 0.836. The van der Waals surface area contributed by atoms with Crippen molar-refractivity contribution in [3.05, 3.63) is 48.0 Å². The largest absolute Gasteiger partial charge is 0.497 e. The van der Waals surface area contributed by atoms with E-state index in [0.717, 1.165) is 4.90 Å². The van der Waals surface area contributed by atoms with Gasteiger partial charge in [-0.3, -0.25) is 14.4 Å². The second kappa shape index (κ2) is 8.35. The Hall–Kier alpha value is -3.00. The van der Waals surface area contributed by atoms with Gasteiger partial charge in [0.15, 0.2) is 0 Å². The fourth-order valence-corrected chi connectivity index (χ4v) is 3.73. The third-order valence-electron chi connectivity index (χ3n) is 4.21. The van der Waals surface area contributed by atoms with Gasteiger partial charge in [0.25, 0.3) is 5.91 Å². The maximum Gasteiger partial charge on any atom is 0.253 e. The van der Waals surface area contributed by atoms with Gasteiger partial charge >= 0.3 is 0 Å². The minimum absolute atomic E-state index is 0.136. The predicted octanol–water partition coefficient (Wildman–Crippen LogP) is 2.47. The Morgan fingerprint density at radius 2 is 2.00 bits per heavy atom. The normalized spacial score (nSPS) is 13.0. The number of hydrogen-bond donors (Lipinski definition) is 1. The Balaban J connectivity index is 1.82. The van der Waals surface area contributed by atoms with E-state index in [2.05, 4.69) is 5.32 Å². The van der Waals surface area contributed by atoms with E-state index in [4.69, 9.17) is 4.74 Å². The average molecular weight is 399 g/mol. The molecule has 3 rings (SSSR count). The number of amides is 3. The molecular weight excluding hydrogens is 378 g/mol. The molecule has 1 aliphatic heterocycles. The summed E-state index contributed by atoms with van der Waals surface area (Å²) < 4.78 is 5.15. The highest BCUT2D eigenvalue weighted by Gasteiger charge is 2.27. The number of ether oxygens (including phenoxy) is 1. The van der Waals surface area contributed by atoms with Gasteiger partial charge in [0.1, 0.15) is 12.3 Å². The van der Waals surface area contributed by atoms with E-state index in [1.165, 1.54) is 21.6 Å². The number of nitrogens with zero attached hydrogens (tertiary/aromatic N) is 2. The van der Waals surface area contributed by atoms with Crippen LogP contribution in [-0.2, 0) is 9.59 Å². The minimum Gasteiger partial charge on any atom is -0.497 e. The SMILES string of the molecule is COc1cccc(NC(=O)CN2C(=O)CSc3ccc(C(=O)N(C)C)cc32)c1. The van der Waals surface area contributed by atoms with Crippen LogP contribution in [0, 0.1) is 0 Å². The number of thioether (sulfide) groups is 1. The van der Waals surface area contributed by atoms with Crippen molar-refractivity contribution in [2.45, 2.75) is 4.90 Å². The molecular formula is C20H21N3O4S. The highest BCUT2D eigenvalue weighted by molar-refractivity contribution is 8.00. The van der Waals surface area contributed by atoms with Gasteiger partial charge in [0.05, 0.1) is 18.6 Å². The molecule has 2 aromatic rings. The first-order chi connectivity index (χ1) is 13.4. The first-order valence-corrected chi connectivity index (χ1v) is 9.60. The standard InChI is InChI=1S/C20H21N3O4S/c1-22(2)20(26)13-7-8-17-16(9-13)23(19(25)12-28-17)11-18(24)21-14-5-4-6-15(10-14)27-3/h4-10H,11-12H2,1-3H3,(H,21,24). The molecule has 0 aliphatic carbocycles. The van der Waals surface area contributed by atoms with Gasteiger partial charge in [-0.25, -0.2) is 0 Å². The van der Waals surface area contributed by atoms with E-state index in [-0.39, 0.29) is 30.0 Å². The van der Waals surface area contributed by atoms with Gasteiger partial charge in [-0.15, -0.1) is 11.8 Å². The lowest BCUT2D eigenvalue weighted by Gasteiger charge is -2.29. The van der Waals surface area contributed by atoms with Crippen LogP contribution in [0.15, 0.2) is 47.4 Å². The van der Waals surface area contributed by atoms with E-state index in [9.17, 15) is 14.4 Å². The molecule has 1 heterocycles. The van der Waals surface area contributed by atoms with Crippen LogP contribution in [-0.4, -0.2) is 56.1 Å². The van der Waals surface area contributed by atoms with Gasteiger partial charge in [-0.2, -0.15) is 0 Å². The lowest BCUT2D eigenvalue weighted by Crippen LogP contribution is -2.41. The van der Waals surface area contributed by atoms with E-state index in [1.54, 1.807) is 57.6 Å². The molecule has 0 bridgehead atoms. The molecule has 0 atom stereocenters. The highest BCUT2D eigenvalue weighted by Crippen LogP contribution is 2.36. The van der Waals surface area contributed by atoms with Gasteiger partial charge in [0, 0.05) is 36.3 Å². The third kappa shape index (κ3) is 4.28. The maximum atomic E-state index is 12.5. The number of hydrogen-bond acceptors (Lipinski definition) is 5. The Labute approximate surface area is 167 Å². The second-order valence-electron chi connectivity index (χ2n) is 6.43. The summed E-state index contributed by atoms with van der Waals surface area (Å²) in [5, 5.41) is 2.78. The molecule has 0 aromatic heterocycles. The Bertz CT molecular complexity index is 929. The van der Waals surface area contributed by atoms with Crippen LogP contribution in [0.5, 0.6) is 5.75 Å². The number of carbonyl (C=O) groups excluding carboxylic acids is 3. The maximum absolute atomic E-state index is 12.5. The van der Waals surface area contributed by atoms with Gasteiger partial charge < -0.3 is 19.9 Å². The molecule has 0 saturated heterocycles. The molecule has 1 aliphatic rings. The number of nitrogens with one attached hydrogen (secondary N) is 1. The van der Waals surface area contributed by atoms with Crippen LogP contribution in [0.3, 0.4) is 0 Å². The Kier molecular flexibility index (Phi) is 5.89. The van der Waals surface area contributed by atoms with Crippen molar-refractivity contribution >= 4 is 40.9 Å². The van der Waals surface area contributed by atoms with E-state index in [1.807, 2.05) is 6.07 Å². The average Bonchev–Trinajstić information content (AvgIpc) is 2.69. The van der Waals surface area contributed by atoms with E-state index >= 15 is 0 Å². The van der Waals surface area contributed by atoms with Crippen LogP contribution in [0.1, 0.15) is 10.4 Å². The molecule has 0 radical (unpaired) electrons. The zero-order valence-electron chi connectivity index (χ0n) is 15.9. The van der Waals surface area contributed by atoms with Crippen molar-refractivity contribution in [1.82, 2.24) is 4.90 Å². The fourth-order valence-electron chi connectivity index (χ4n) is 2.81. The monoisotopic (exact) mass is 399 g/mol. The third-order valence-corrected chi connectivity index (χ3v) is 5.26.